The van der Waals surface area contributed by atoms with Gasteiger partial charge in [-0.3, -0.25) is 4.79 Å². The Kier molecular flexibility index (Phi) is 5.00. The summed E-state index contributed by atoms with van der Waals surface area (Å²) in [6.07, 6.45) is 0.854. The molecule has 2 aromatic carbocycles. The van der Waals surface area contributed by atoms with Gasteiger partial charge in [0, 0.05) is 42.7 Å². The van der Waals surface area contributed by atoms with Crippen molar-refractivity contribution in [1.29, 1.82) is 0 Å². The molecule has 0 bridgehead atoms. The first-order valence-electron chi connectivity index (χ1n) is 9.35. The lowest BCUT2D eigenvalue weighted by Crippen LogP contribution is -2.27. The van der Waals surface area contributed by atoms with Crippen LogP contribution in [0.15, 0.2) is 53.5 Å². The Morgan fingerprint density at radius 2 is 1.96 bits per heavy atom. The molecular weight excluding hydrogens is 372 g/mol. The molecule has 0 saturated heterocycles. The molecule has 0 radical (unpaired) electrons. The van der Waals surface area contributed by atoms with Crippen LogP contribution in [-0.4, -0.2) is 36.3 Å². The number of amides is 1. The number of hydrogen-bond donors (Lipinski definition) is 0. The van der Waals surface area contributed by atoms with E-state index in [1.54, 1.807) is 11.9 Å². The standard InChI is InChI=1S/C23H23ClN2O2/c1-15(23(27)26(3)13-16-7-5-4-6-8-16)22-18-14-25(2)12-11-17-19(24)9-10-20(28-22)21(17)18/h4-10H,1,11-14H2,2-3H3. The molecule has 28 heavy (non-hydrogen) atoms. The van der Waals surface area contributed by atoms with E-state index < -0.39 is 0 Å². The maximum Gasteiger partial charge on any atom is 0.257 e. The van der Waals surface area contributed by atoms with Crippen LogP contribution >= 0.6 is 11.6 Å². The monoisotopic (exact) mass is 394 g/mol. The van der Waals surface area contributed by atoms with Gasteiger partial charge < -0.3 is 14.2 Å². The Morgan fingerprint density at radius 3 is 2.71 bits per heavy atom. The normalized spacial score (nSPS) is 14.1. The molecule has 3 aromatic rings. The molecule has 144 valence electrons. The molecule has 2 heterocycles. The fourth-order valence-electron chi connectivity index (χ4n) is 3.85. The summed E-state index contributed by atoms with van der Waals surface area (Å²) in [7, 11) is 3.85. The van der Waals surface area contributed by atoms with Gasteiger partial charge in [-0.05, 0) is 36.7 Å². The number of nitrogens with zero attached hydrogens (tertiary/aromatic N) is 2. The first-order valence-corrected chi connectivity index (χ1v) is 9.73. The fourth-order valence-corrected chi connectivity index (χ4v) is 4.10. The average molecular weight is 395 g/mol. The fraction of sp³-hybridized carbons (Fsp3) is 0.261. The first kappa shape index (κ1) is 18.8. The van der Waals surface area contributed by atoms with Crippen LogP contribution in [0.2, 0.25) is 5.02 Å². The van der Waals surface area contributed by atoms with E-state index in [1.807, 2.05) is 42.5 Å². The highest BCUT2D eigenvalue weighted by atomic mass is 35.5. The van der Waals surface area contributed by atoms with Crippen LogP contribution in [0.25, 0.3) is 16.5 Å². The molecule has 1 aromatic heterocycles. The van der Waals surface area contributed by atoms with Gasteiger partial charge in [-0.15, -0.1) is 0 Å². The summed E-state index contributed by atoms with van der Waals surface area (Å²) in [4.78, 5) is 16.9. The number of furan rings is 1. The maximum absolute atomic E-state index is 13.1. The number of carbonyl (C=O) groups excluding carboxylic acids is 1. The summed E-state index contributed by atoms with van der Waals surface area (Å²) in [5.74, 6) is 0.427. The summed E-state index contributed by atoms with van der Waals surface area (Å²) >= 11 is 6.46. The minimum absolute atomic E-state index is 0.140. The van der Waals surface area contributed by atoms with Gasteiger partial charge in [-0.1, -0.05) is 48.5 Å². The van der Waals surface area contributed by atoms with Gasteiger partial charge >= 0.3 is 0 Å². The first-order chi connectivity index (χ1) is 13.5. The molecule has 1 amide bonds. The van der Waals surface area contributed by atoms with E-state index in [1.165, 1.54) is 0 Å². The van der Waals surface area contributed by atoms with E-state index in [0.29, 0.717) is 24.4 Å². The summed E-state index contributed by atoms with van der Waals surface area (Å²) in [5.41, 5.74) is 4.30. The van der Waals surface area contributed by atoms with Gasteiger partial charge in [-0.25, -0.2) is 0 Å². The van der Waals surface area contributed by atoms with Crippen LogP contribution in [-0.2, 0) is 24.3 Å². The van der Waals surface area contributed by atoms with Crippen LogP contribution in [0.5, 0.6) is 0 Å². The van der Waals surface area contributed by atoms with Crippen molar-refractivity contribution in [2.45, 2.75) is 19.5 Å². The highest BCUT2D eigenvalue weighted by Gasteiger charge is 2.27. The Balaban J connectivity index is 1.70. The number of likely N-dealkylation sites (N-methyl/N-ethyl adjacent to an activating group) is 2. The zero-order chi connectivity index (χ0) is 19.8. The molecule has 0 unspecified atom stereocenters. The smallest absolute Gasteiger partial charge is 0.257 e. The molecule has 1 aliphatic heterocycles. The highest BCUT2D eigenvalue weighted by molar-refractivity contribution is 6.32. The molecule has 0 fully saturated rings. The Labute approximate surface area is 170 Å². The molecule has 0 aliphatic carbocycles. The third kappa shape index (κ3) is 3.34. The van der Waals surface area contributed by atoms with Gasteiger partial charge in [0.15, 0.2) is 0 Å². The molecule has 4 rings (SSSR count). The zero-order valence-corrected chi connectivity index (χ0v) is 16.9. The minimum atomic E-state index is -0.140. The largest absolute Gasteiger partial charge is 0.456 e. The lowest BCUT2D eigenvalue weighted by atomic mass is 10.0. The highest BCUT2D eigenvalue weighted by Crippen LogP contribution is 2.38. The third-order valence-corrected chi connectivity index (χ3v) is 5.67. The van der Waals surface area contributed by atoms with Gasteiger partial charge in [0.25, 0.3) is 5.91 Å². The summed E-state index contributed by atoms with van der Waals surface area (Å²) in [5, 5.41) is 1.78. The Morgan fingerprint density at radius 1 is 1.21 bits per heavy atom. The molecule has 4 nitrogen and oxygen atoms in total. The predicted octanol–water partition coefficient (Wildman–Crippen LogP) is 4.75. The van der Waals surface area contributed by atoms with Crippen molar-refractivity contribution in [3.63, 3.8) is 0 Å². The predicted molar refractivity (Wildman–Crippen MR) is 113 cm³/mol. The lowest BCUT2D eigenvalue weighted by Gasteiger charge is -2.19. The zero-order valence-electron chi connectivity index (χ0n) is 16.2. The van der Waals surface area contributed by atoms with Crippen molar-refractivity contribution in [3.8, 4) is 0 Å². The van der Waals surface area contributed by atoms with Crippen molar-refractivity contribution in [1.82, 2.24) is 9.80 Å². The molecule has 5 heteroatoms. The van der Waals surface area contributed by atoms with Crippen molar-refractivity contribution in [2.75, 3.05) is 20.6 Å². The topological polar surface area (TPSA) is 36.7 Å². The average Bonchev–Trinajstić information content (AvgIpc) is 2.94. The lowest BCUT2D eigenvalue weighted by molar-refractivity contribution is -0.124. The maximum atomic E-state index is 13.1. The molecule has 1 aliphatic rings. The van der Waals surface area contributed by atoms with E-state index in [2.05, 4.69) is 18.5 Å². The summed E-state index contributed by atoms with van der Waals surface area (Å²) in [6, 6.07) is 13.7. The van der Waals surface area contributed by atoms with Crippen LogP contribution < -0.4 is 0 Å². The molecule has 0 saturated carbocycles. The number of rotatable bonds is 4. The van der Waals surface area contributed by atoms with E-state index in [9.17, 15) is 4.79 Å². The minimum Gasteiger partial charge on any atom is -0.456 e. The quantitative estimate of drug-likeness (QED) is 0.599. The third-order valence-electron chi connectivity index (χ3n) is 5.32. The van der Waals surface area contributed by atoms with Gasteiger partial charge in [0.2, 0.25) is 0 Å². The van der Waals surface area contributed by atoms with E-state index in [0.717, 1.165) is 45.6 Å². The van der Waals surface area contributed by atoms with Crippen LogP contribution in [0.1, 0.15) is 22.5 Å². The molecule has 0 spiro atoms. The van der Waals surface area contributed by atoms with Gasteiger partial charge in [0.05, 0.1) is 5.57 Å². The Bertz CT molecular complexity index is 1060. The number of halogens is 1. The van der Waals surface area contributed by atoms with Crippen molar-refractivity contribution >= 4 is 34.1 Å². The van der Waals surface area contributed by atoms with Crippen molar-refractivity contribution in [3.05, 3.63) is 76.5 Å². The summed E-state index contributed by atoms with van der Waals surface area (Å²) < 4.78 is 6.12. The van der Waals surface area contributed by atoms with Gasteiger partial charge in [-0.2, -0.15) is 0 Å². The number of benzene rings is 2. The van der Waals surface area contributed by atoms with Crippen LogP contribution in [0.3, 0.4) is 0 Å². The second kappa shape index (κ2) is 7.46. The van der Waals surface area contributed by atoms with Crippen LogP contribution in [0.4, 0.5) is 0 Å². The van der Waals surface area contributed by atoms with Crippen LogP contribution in [0, 0.1) is 0 Å². The molecular formula is C23H23ClN2O2. The van der Waals surface area contributed by atoms with Crippen molar-refractivity contribution in [2.24, 2.45) is 0 Å². The van der Waals surface area contributed by atoms with E-state index in [-0.39, 0.29) is 5.91 Å². The molecule has 0 N–H and O–H groups in total. The van der Waals surface area contributed by atoms with E-state index in [4.69, 9.17) is 16.0 Å². The second-order valence-corrected chi connectivity index (χ2v) is 7.83. The van der Waals surface area contributed by atoms with Crippen molar-refractivity contribution < 1.29 is 9.21 Å². The second-order valence-electron chi connectivity index (χ2n) is 7.42. The number of carbonyl (C=O) groups is 1. The molecule has 0 atom stereocenters. The van der Waals surface area contributed by atoms with E-state index >= 15 is 0 Å². The van der Waals surface area contributed by atoms with Gasteiger partial charge in [0.1, 0.15) is 11.3 Å². The SMILES string of the molecule is C=C(C(=O)N(C)Cc1ccccc1)c1oc2ccc(Cl)c3c2c1CN(C)CC3. The Hall–Kier alpha value is -2.56. The number of hydrogen-bond acceptors (Lipinski definition) is 3. The summed E-state index contributed by atoms with van der Waals surface area (Å²) in [6.45, 7) is 6.21.